The summed E-state index contributed by atoms with van der Waals surface area (Å²) in [5, 5.41) is 2.94. The van der Waals surface area contributed by atoms with E-state index < -0.39 is 0 Å². The fourth-order valence-corrected chi connectivity index (χ4v) is 3.07. The second kappa shape index (κ2) is 11.0. The number of carbonyl (C=O) groups is 1. The highest BCUT2D eigenvalue weighted by Crippen LogP contribution is 2.27. The molecule has 7 heteroatoms. The largest absolute Gasteiger partial charge is 0.487 e. The lowest BCUT2D eigenvalue weighted by atomic mass is 10.00. The highest BCUT2D eigenvalue weighted by Gasteiger charge is 2.25. The number of pyridine rings is 1. The Morgan fingerprint density at radius 1 is 1.19 bits per heavy atom. The number of benzene rings is 1. The molecule has 1 heterocycles. The van der Waals surface area contributed by atoms with E-state index in [4.69, 9.17) is 10.5 Å². The van der Waals surface area contributed by atoms with Crippen LogP contribution in [0.25, 0.3) is 0 Å². The Morgan fingerprint density at radius 2 is 2.04 bits per heavy atom. The Kier molecular flexibility index (Phi) is 9.41. The van der Waals surface area contributed by atoms with Gasteiger partial charge in [0, 0.05) is 30.4 Å². The first-order chi connectivity index (χ1) is 11.7. The Labute approximate surface area is 166 Å². The summed E-state index contributed by atoms with van der Waals surface area (Å²) in [5.41, 5.74) is 7.64. The Balaban J connectivity index is 0.00000169. The molecule has 0 saturated heterocycles. The van der Waals surface area contributed by atoms with Crippen molar-refractivity contribution in [3.8, 4) is 5.75 Å². The van der Waals surface area contributed by atoms with Crippen molar-refractivity contribution in [3.05, 3.63) is 54.4 Å². The minimum absolute atomic E-state index is 0. The Bertz CT molecular complexity index is 685. The number of amides is 1. The van der Waals surface area contributed by atoms with Crippen LogP contribution in [-0.2, 0) is 11.4 Å². The van der Waals surface area contributed by atoms with Gasteiger partial charge in [-0.2, -0.15) is 0 Å². The first-order valence-electron chi connectivity index (χ1n) is 8.39. The van der Waals surface area contributed by atoms with Gasteiger partial charge in [-0.05, 0) is 43.0 Å². The average molecular weight is 398 g/mol. The zero-order chi connectivity index (χ0) is 16.8. The number of ether oxygens (including phenoxy) is 1. The first kappa shape index (κ1) is 22.2. The van der Waals surface area contributed by atoms with Crippen molar-refractivity contribution < 1.29 is 9.53 Å². The molecule has 5 nitrogen and oxygen atoms in total. The Morgan fingerprint density at radius 3 is 2.73 bits per heavy atom. The second-order valence-corrected chi connectivity index (χ2v) is 6.24. The van der Waals surface area contributed by atoms with E-state index in [1.54, 1.807) is 6.20 Å². The number of rotatable bonds is 6. The summed E-state index contributed by atoms with van der Waals surface area (Å²) in [6, 6.07) is 13.3. The minimum atomic E-state index is 0. The molecule has 0 bridgehead atoms. The normalized spacial score (nSPS) is 18.3. The fourth-order valence-electron chi connectivity index (χ4n) is 3.07. The van der Waals surface area contributed by atoms with Crippen molar-refractivity contribution in [3.63, 3.8) is 0 Å². The predicted octanol–water partition coefficient (Wildman–Crippen LogP) is 3.96. The van der Waals surface area contributed by atoms with Crippen LogP contribution in [-0.4, -0.2) is 16.9 Å². The van der Waals surface area contributed by atoms with Gasteiger partial charge < -0.3 is 15.8 Å². The lowest BCUT2D eigenvalue weighted by Gasteiger charge is -2.15. The summed E-state index contributed by atoms with van der Waals surface area (Å²) in [4.78, 5) is 16.4. The number of hydrogen-bond acceptors (Lipinski definition) is 4. The van der Waals surface area contributed by atoms with E-state index in [-0.39, 0.29) is 36.8 Å². The second-order valence-electron chi connectivity index (χ2n) is 6.24. The Hall–Kier alpha value is -1.82. The molecule has 2 atom stereocenters. The molecule has 0 radical (unpaired) electrons. The molecule has 1 aliphatic carbocycles. The van der Waals surface area contributed by atoms with Gasteiger partial charge in [-0.15, -0.1) is 24.8 Å². The maximum Gasteiger partial charge on any atom is 0.224 e. The number of aromatic nitrogens is 1. The molecule has 1 amide bonds. The lowest BCUT2D eigenvalue weighted by Crippen LogP contribution is -2.28. The van der Waals surface area contributed by atoms with Crippen LogP contribution in [0.5, 0.6) is 5.75 Å². The van der Waals surface area contributed by atoms with Gasteiger partial charge >= 0.3 is 0 Å². The fraction of sp³-hybridized carbons (Fsp3) is 0.368. The number of nitrogens with two attached hydrogens (primary N) is 1. The first-order valence-corrected chi connectivity index (χ1v) is 8.39. The molecule has 26 heavy (non-hydrogen) atoms. The molecule has 1 aromatic carbocycles. The van der Waals surface area contributed by atoms with E-state index in [0.29, 0.717) is 24.7 Å². The molecule has 1 saturated carbocycles. The van der Waals surface area contributed by atoms with Crippen LogP contribution >= 0.6 is 24.8 Å². The van der Waals surface area contributed by atoms with Gasteiger partial charge in [-0.1, -0.05) is 18.6 Å². The zero-order valence-electron chi connectivity index (χ0n) is 14.5. The van der Waals surface area contributed by atoms with Crippen molar-refractivity contribution in [1.29, 1.82) is 0 Å². The molecule has 3 rings (SSSR count). The number of nitrogens with zero attached hydrogens (tertiary/aromatic N) is 1. The molecule has 1 aliphatic rings. The third-order valence-corrected chi connectivity index (χ3v) is 4.40. The van der Waals surface area contributed by atoms with E-state index in [2.05, 4.69) is 10.3 Å². The van der Waals surface area contributed by atoms with Crippen LogP contribution in [0.4, 0.5) is 5.69 Å². The highest BCUT2D eigenvalue weighted by atomic mass is 35.5. The predicted molar refractivity (Wildman–Crippen MR) is 108 cm³/mol. The lowest BCUT2D eigenvalue weighted by molar-refractivity contribution is -0.117. The standard InChI is InChI=1S/C19H23N3O2.2ClH/c20-18-9-3-5-14(18)11-19(23)22-15-7-4-8-17(12-15)24-13-16-6-1-2-10-21-16;;/h1-2,4,6-8,10,12,14,18H,3,5,9,11,13,20H2,(H,22,23);2*1H/t14-,18+;;/m0../s1. The zero-order valence-corrected chi connectivity index (χ0v) is 16.1. The van der Waals surface area contributed by atoms with Gasteiger partial charge in [0.05, 0.1) is 5.69 Å². The minimum Gasteiger partial charge on any atom is -0.487 e. The molecule has 1 aromatic heterocycles. The summed E-state index contributed by atoms with van der Waals surface area (Å²) in [6.07, 6.45) is 5.41. The molecule has 0 unspecified atom stereocenters. The van der Waals surface area contributed by atoms with Crippen LogP contribution in [0, 0.1) is 5.92 Å². The SMILES string of the molecule is Cl.Cl.N[C@@H]1CCC[C@H]1CC(=O)Nc1cccc(OCc2ccccn2)c1. The van der Waals surface area contributed by atoms with Crippen molar-refractivity contribution >= 4 is 36.4 Å². The summed E-state index contributed by atoms with van der Waals surface area (Å²) in [7, 11) is 0. The summed E-state index contributed by atoms with van der Waals surface area (Å²) in [5.74, 6) is 1.02. The van der Waals surface area contributed by atoms with Crippen molar-refractivity contribution in [2.45, 2.75) is 38.3 Å². The number of hydrogen-bond donors (Lipinski definition) is 2. The van der Waals surface area contributed by atoms with Crippen LogP contribution in [0.2, 0.25) is 0 Å². The number of nitrogens with one attached hydrogen (secondary N) is 1. The third-order valence-electron chi connectivity index (χ3n) is 4.40. The monoisotopic (exact) mass is 397 g/mol. The van der Waals surface area contributed by atoms with Crippen molar-refractivity contribution in [2.75, 3.05) is 5.32 Å². The van der Waals surface area contributed by atoms with Gasteiger partial charge in [0.2, 0.25) is 5.91 Å². The summed E-state index contributed by atoms with van der Waals surface area (Å²) in [6.45, 7) is 0.398. The number of halogens is 2. The topological polar surface area (TPSA) is 77.2 Å². The van der Waals surface area contributed by atoms with E-state index >= 15 is 0 Å². The van der Waals surface area contributed by atoms with Gasteiger partial charge in [0.1, 0.15) is 12.4 Å². The van der Waals surface area contributed by atoms with Crippen LogP contribution in [0.15, 0.2) is 48.7 Å². The van der Waals surface area contributed by atoms with Crippen molar-refractivity contribution in [2.24, 2.45) is 11.7 Å². The van der Waals surface area contributed by atoms with E-state index in [0.717, 1.165) is 30.6 Å². The maximum atomic E-state index is 12.2. The molecule has 142 valence electrons. The van der Waals surface area contributed by atoms with Crippen molar-refractivity contribution in [1.82, 2.24) is 4.98 Å². The van der Waals surface area contributed by atoms with E-state index in [9.17, 15) is 4.79 Å². The quantitative estimate of drug-likeness (QED) is 0.772. The van der Waals surface area contributed by atoms with Crippen LogP contribution in [0.3, 0.4) is 0 Å². The molecular weight excluding hydrogens is 373 g/mol. The summed E-state index contributed by atoms with van der Waals surface area (Å²) < 4.78 is 5.73. The molecular formula is C19H25Cl2N3O2. The molecule has 3 N–H and O–H groups in total. The van der Waals surface area contributed by atoms with E-state index in [1.807, 2.05) is 42.5 Å². The van der Waals surface area contributed by atoms with Gasteiger partial charge in [-0.3, -0.25) is 9.78 Å². The summed E-state index contributed by atoms with van der Waals surface area (Å²) >= 11 is 0. The highest BCUT2D eigenvalue weighted by molar-refractivity contribution is 5.91. The van der Waals surface area contributed by atoms with Gasteiger partial charge in [-0.25, -0.2) is 0 Å². The van der Waals surface area contributed by atoms with Crippen LogP contribution in [0.1, 0.15) is 31.4 Å². The average Bonchev–Trinajstić information content (AvgIpc) is 2.99. The maximum absolute atomic E-state index is 12.2. The van der Waals surface area contributed by atoms with Gasteiger partial charge in [0.25, 0.3) is 0 Å². The van der Waals surface area contributed by atoms with Gasteiger partial charge in [0.15, 0.2) is 0 Å². The third kappa shape index (κ3) is 6.48. The number of carbonyl (C=O) groups excluding carboxylic acids is 1. The molecule has 0 spiro atoms. The number of anilines is 1. The van der Waals surface area contributed by atoms with Crippen LogP contribution < -0.4 is 15.8 Å². The molecule has 1 fully saturated rings. The molecule has 0 aliphatic heterocycles. The van der Waals surface area contributed by atoms with E-state index in [1.165, 1.54) is 0 Å². The molecule has 2 aromatic rings. The smallest absolute Gasteiger partial charge is 0.224 e.